The van der Waals surface area contributed by atoms with Crippen molar-refractivity contribution in [1.29, 1.82) is 0 Å². The Morgan fingerprint density at radius 1 is 1.36 bits per heavy atom. The first-order valence-corrected chi connectivity index (χ1v) is 9.32. The summed E-state index contributed by atoms with van der Waals surface area (Å²) in [6, 6.07) is 6.44. The topological polar surface area (TPSA) is 63.7 Å². The molecule has 0 saturated carbocycles. The molecular formula is C16H25NO4S. The van der Waals surface area contributed by atoms with Crippen molar-refractivity contribution in [2.45, 2.75) is 31.6 Å². The summed E-state index contributed by atoms with van der Waals surface area (Å²) >= 11 is 0. The van der Waals surface area contributed by atoms with E-state index in [2.05, 4.69) is 0 Å². The molecule has 0 fully saturated rings. The van der Waals surface area contributed by atoms with Gasteiger partial charge in [0, 0.05) is 25.8 Å². The number of amides is 1. The van der Waals surface area contributed by atoms with Crippen LogP contribution in [-0.4, -0.2) is 45.7 Å². The van der Waals surface area contributed by atoms with E-state index in [1.165, 1.54) is 12.3 Å². The van der Waals surface area contributed by atoms with Crippen LogP contribution in [0.4, 0.5) is 0 Å². The third kappa shape index (κ3) is 5.67. The molecule has 0 N–H and O–H groups in total. The molecule has 22 heavy (non-hydrogen) atoms. The lowest BCUT2D eigenvalue weighted by Gasteiger charge is -2.20. The monoisotopic (exact) mass is 327 g/mol. The van der Waals surface area contributed by atoms with Crippen LogP contribution in [0.3, 0.4) is 0 Å². The smallest absolute Gasteiger partial charge is 0.225 e. The van der Waals surface area contributed by atoms with Gasteiger partial charge in [-0.05, 0) is 31.0 Å². The summed E-state index contributed by atoms with van der Waals surface area (Å²) in [6.07, 6.45) is 2.70. The second kappa shape index (κ2) is 8.17. The van der Waals surface area contributed by atoms with Crippen molar-refractivity contribution < 1.29 is 17.9 Å². The van der Waals surface area contributed by atoms with Gasteiger partial charge in [-0.1, -0.05) is 19.9 Å². The summed E-state index contributed by atoms with van der Waals surface area (Å²) in [5.74, 6) is 0.706. The van der Waals surface area contributed by atoms with Gasteiger partial charge in [0.2, 0.25) is 5.91 Å². The number of carbonyl (C=O) groups excluding carboxylic acids is 1. The van der Waals surface area contributed by atoms with E-state index in [-0.39, 0.29) is 16.7 Å². The third-order valence-electron chi connectivity index (χ3n) is 3.55. The third-order valence-corrected chi connectivity index (χ3v) is 4.66. The molecular weight excluding hydrogens is 302 g/mol. The Hall–Kier alpha value is -1.56. The molecule has 0 radical (unpaired) electrons. The van der Waals surface area contributed by atoms with Crippen LogP contribution < -0.4 is 4.74 Å². The maximum Gasteiger partial charge on any atom is 0.225 e. The Morgan fingerprint density at radius 2 is 2.05 bits per heavy atom. The van der Waals surface area contributed by atoms with Crippen LogP contribution in [0.2, 0.25) is 0 Å². The minimum atomic E-state index is -3.23. The van der Waals surface area contributed by atoms with Crippen LogP contribution in [0.5, 0.6) is 5.75 Å². The number of sulfone groups is 1. The van der Waals surface area contributed by atoms with Gasteiger partial charge in [0.05, 0.1) is 11.5 Å². The molecule has 0 aromatic heterocycles. The maximum atomic E-state index is 11.9. The Kier molecular flexibility index (Phi) is 6.87. The van der Waals surface area contributed by atoms with Crippen LogP contribution in [0, 0.1) is 5.92 Å². The molecule has 1 rings (SSSR count). The lowest BCUT2D eigenvalue weighted by atomic mass is 10.1. The number of benzene rings is 1. The fourth-order valence-corrected chi connectivity index (χ4v) is 2.60. The normalized spacial score (nSPS) is 12.7. The first kappa shape index (κ1) is 18.5. The molecule has 1 aromatic rings. The first-order chi connectivity index (χ1) is 10.3. The highest BCUT2D eigenvalue weighted by Gasteiger charge is 2.15. The highest BCUT2D eigenvalue weighted by molar-refractivity contribution is 7.90. The van der Waals surface area contributed by atoms with Crippen molar-refractivity contribution in [1.82, 2.24) is 4.90 Å². The summed E-state index contributed by atoms with van der Waals surface area (Å²) in [7, 11) is -1.44. The van der Waals surface area contributed by atoms with Crippen molar-refractivity contribution in [2.75, 3.05) is 26.5 Å². The average Bonchev–Trinajstić information content (AvgIpc) is 2.49. The van der Waals surface area contributed by atoms with Crippen LogP contribution in [0.15, 0.2) is 29.2 Å². The van der Waals surface area contributed by atoms with Crippen molar-refractivity contribution in [3.05, 3.63) is 24.3 Å². The molecule has 0 spiro atoms. The Bertz CT molecular complexity index is 598. The first-order valence-electron chi connectivity index (χ1n) is 7.43. The molecule has 124 valence electrons. The summed E-state index contributed by atoms with van der Waals surface area (Å²) < 4.78 is 28.5. The van der Waals surface area contributed by atoms with E-state index in [0.29, 0.717) is 25.3 Å². The van der Waals surface area contributed by atoms with E-state index in [9.17, 15) is 13.2 Å². The Balaban J connectivity index is 2.44. The fraction of sp³-hybridized carbons (Fsp3) is 0.562. The highest BCUT2D eigenvalue weighted by atomic mass is 32.2. The molecule has 0 aliphatic rings. The second-order valence-electron chi connectivity index (χ2n) is 5.52. The number of carbonyl (C=O) groups is 1. The average molecular weight is 327 g/mol. The highest BCUT2D eigenvalue weighted by Crippen LogP contribution is 2.17. The lowest BCUT2D eigenvalue weighted by molar-refractivity contribution is -0.133. The maximum absolute atomic E-state index is 11.9. The zero-order valence-corrected chi connectivity index (χ0v) is 14.5. The van der Waals surface area contributed by atoms with Gasteiger partial charge in [-0.15, -0.1) is 0 Å². The van der Waals surface area contributed by atoms with Crippen LogP contribution in [0.1, 0.15) is 26.7 Å². The molecule has 0 saturated heterocycles. The van der Waals surface area contributed by atoms with Gasteiger partial charge in [0.25, 0.3) is 0 Å². The largest absolute Gasteiger partial charge is 0.493 e. The zero-order chi connectivity index (χ0) is 16.8. The van der Waals surface area contributed by atoms with E-state index < -0.39 is 9.84 Å². The number of rotatable bonds is 8. The Morgan fingerprint density at radius 3 is 2.64 bits per heavy atom. The van der Waals surface area contributed by atoms with E-state index in [1.807, 2.05) is 13.8 Å². The van der Waals surface area contributed by atoms with Gasteiger partial charge >= 0.3 is 0 Å². The van der Waals surface area contributed by atoms with Gasteiger partial charge in [-0.25, -0.2) is 8.42 Å². The van der Waals surface area contributed by atoms with Gasteiger partial charge in [-0.3, -0.25) is 4.79 Å². The molecule has 1 aromatic carbocycles. The molecule has 0 aliphatic carbocycles. The second-order valence-corrected chi connectivity index (χ2v) is 7.53. The van der Waals surface area contributed by atoms with Gasteiger partial charge in [0.1, 0.15) is 5.75 Å². The van der Waals surface area contributed by atoms with E-state index in [4.69, 9.17) is 4.74 Å². The van der Waals surface area contributed by atoms with E-state index in [0.717, 1.165) is 6.42 Å². The van der Waals surface area contributed by atoms with Crippen LogP contribution in [0.25, 0.3) is 0 Å². The number of nitrogens with zero attached hydrogens (tertiary/aromatic N) is 1. The number of ether oxygens (including phenoxy) is 1. The predicted molar refractivity (Wildman–Crippen MR) is 86.8 cm³/mol. The molecule has 0 unspecified atom stereocenters. The van der Waals surface area contributed by atoms with Gasteiger partial charge in [0.15, 0.2) is 9.84 Å². The van der Waals surface area contributed by atoms with Crippen LogP contribution in [-0.2, 0) is 14.6 Å². The molecule has 6 heteroatoms. The minimum absolute atomic E-state index is 0.0392. The minimum Gasteiger partial charge on any atom is -0.493 e. The van der Waals surface area contributed by atoms with Crippen molar-refractivity contribution in [3.8, 4) is 5.75 Å². The SMILES string of the molecule is CC[C@H](C)C(=O)N(C)CCCOc1cccc(S(C)(=O)=O)c1. The van der Waals surface area contributed by atoms with Crippen molar-refractivity contribution >= 4 is 15.7 Å². The quantitative estimate of drug-likeness (QED) is 0.688. The summed E-state index contributed by atoms with van der Waals surface area (Å²) in [4.78, 5) is 13.9. The molecule has 0 heterocycles. The molecule has 5 nitrogen and oxygen atoms in total. The van der Waals surface area contributed by atoms with Crippen LogP contribution >= 0.6 is 0 Å². The molecule has 1 atom stereocenters. The molecule has 0 aliphatic heterocycles. The number of hydrogen-bond acceptors (Lipinski definition) is 4. The summed E-state index contributed by atoms with van der Waals surface area (Å²) in [6.45, 7) is 4.97. The fourth-order valence-electron chi connectivity index (χ4n) is 1.95. The summed E-state index contributed by atoms with van der Waals surface area (Å²) in [5.41, 5.74) is 0. The molecule has 0 bridgehead atoms. The van der Waals surface area contributed by atoms with Crippen molar-refractivity contribution in [3.63, 3.8) is 0 Å². The number of hydrogen-bond donors (Lipinski definition) is 0. The van der Waals surface area contributed by atoms with E-state index >= 15 is 0 Å². The van der Waals surface area contributed by atoms with Gasteiger partial charge < -0.3 is 9.64 Å². The van der Waals surface area contributed by atoms with Gasteiger partial charge in [-0.2, -0.15) is 0 Å². The predicted octanol–water partition coefficient (Wildman–Crippen LogP) is 2.36. The standard InChI is InChI=1S/C16H25NO4S/c1-5-13(2)16(18)17(3)10-7-11-21-14-8-6-9-15(12-14)22(4,19)20/h6,8-9,12-13H,5,7,10-11H2,1-4H3/t13-/m0/s1. The molecule has 1 amide bonds. The zero-order valence-electron chi connectivity index (χ0n) is 13.7. The Labute approximate surface area is 133 Å². The summed E-state index contributed by atoms with van der Waals surface area (Å²) in [5, 5.41) is 0. The van der Waals surface area contributed by atoms with E-state index in [1.54, 1.807) is 30.1 Å². The lowest BCUT2D eigenvalue weighted by Crippen LogP contribution is -2.32. The van der Waals surface area contributed by atoms with Crippen molar-refractivity contribution in [2.24, 2.45) is 5.92 Å².